The lowest BCUT2D eigenvalue weighted by molar-refractivity contribution is 0.0646. The molecule has 1 rings (SSSR count). The van der Waals surface area contributed by atoms with Gasteiger partial charge in [-0.05, 0) is 52.4 Å². The number of guanidine groups is 1. The van der Waals surface area contributed by atoms with Crippen molar-refractivity contribution < 1.29 is 4.74 Å². The third kappa shape index (κ3) is 12.4. The summed E-state index contributed by atoms with van der Waals surface area (Å²) >= 11 is 0. The van der Waals surface area contributed by atoms with E-state index in [2.05, 4.69) is 65.8 Å². The van der Waals surface area contributed by atoms with Crippen molar-refractivity contribution in [2.45, 2.75) is 51.6 Å². The van der Waals surface area contributed by atoms with Crippen LogP contribution < -0.4 is 10.6 Å². The number of nitrogens with one attached hydrogen (secondary N) is 2. The Balaban J connectivity index is 1.98. The summed E-state index contributed by atoms with van der Waals surface area (Å²) in [6, 6.07) is 10.4. The third-order valence-electron chi connectivity index (χ3n) is 4.55. The fourth-order valence-electron chi connectivity index (χ4n) is 2.87. The van der Waals surface area contributed by atoms with E-state index in [1.54, 1.807) is 0 Å². The molecule has 0 heterocycles. The van der Waals surface area contributed by atoms with Crippen molar-refractivity contribution in [3.05, 3.63) is 35.9 Å². The Morgan fingerprint density at radius 3 is 2.26 bits per heavy atom. The molecule has 0 saturated heterocycles. The van der Waals surface area contributed by atoms with Gasteiger partial charge in [0.25, 0.3) is 0 Å². The number of aliphatic imine (C=N–C) groups is 1. The normalized spacial score (nSPS) is 13.0. The number of unbranched alkanes of at least 4 members (excludes halogenated alkanes) is 4. The highest BCUT2D eigenvalue weighted by molar-refractivity contribution is 5.79. The zero-order valence-corrected chi connectivity index (χ0v) is 17.8. The monoisotopic (exact) mass is 376 g/mol. The van der Waals surface area contributed by atoms with Crippen LogP contribution in [0.25, 0.3) is 0 Å². The van der Waals surface area contributed by atoms with E-state index in [1.165, 1.54) is 44.2 Å². The van der Waals surface area contributed by atoms with Gasteiger partial charge < -0.3 is 20.3 Å². The molecule has 0 fully saturated rings. The van der Waals surface area contributed by atoms with Crippen LogP contribution in [0.5, 0.6) is 0 Å². The minimum atomic E-state index is 0.140. The predicted molar refractivity (Wildman–Crippen MR) is 116 cm³/mol. The summed E-state index contributed by atoms with van der Waals surface area (Å²) in [5, 5.41) is 6.75. The molecule has 0 aliphatic rings. The summed E-state index contributed by atoms with van der Waals surface area (Å²) in [6.45, 7) is 5.89. The molecule has 27 heavy (non-hydrogen) atoms. The summed E-state index contributed by atoms with van der Waals surface area (Å²) in [5.41, 5.74) is 1.23. The second-order valence-corrected chi connectivity index (χ2v) is 7.27. The number of rotatable bonds is 14. The Morgan fingerprint density at radius 2 is 1.59 bits per heavy atom. The fourth-order valence-corrected chi connectivity index (χ4v) is 2.87. The third-order valence-corrected chi connectivity index (χ3v) is 4.55. The summed E-state index contributed by atoms with van der Waals surface area (Å²) in [5.74, 6) is 0.888. The van der Waals surface area contributed by atoms with Crippen molar-refractivity contribution in [3.8, 4) is 0 Å². The molecule has 1 aromatic carbocycles. The summed E-state index contributed by atoms with van der Waals surface area (Å²) in [6.07, 6.45) is 7.52. The summed E-state index contributed by atoms with van der Waals surface area (Å²) < 4.78 is 5.90. The van der Waals surface area contributed by atoms with Gasteiger partial charge in [-0.2, -0.15) is 0 Å². The van der Waals surface area contributed by atoms with Gasteiger partial charge in [-0.3, -0.25) is 4.99 Å². The zero-order valence-electron chi connectivity index (χ0n) is 17.8. The van der Waals surface area contributed by atoms with Crippen LogP contribution in [0.3, 0.4) is 0 Å². The van der Waals surface area contributed by atoms with E-state index in [0.717, 1.165) is 32.1 Å². The maximum atomic E-state index is 5.90. The van der Waals surface area contributed by atoms with Crippen LogP contribution in [-0.2, 0) is 4.74 Å². The average molecular weight is 377 g/mol. The van der Waals surface area contributed by atoms with E-state index in [-0.39, 0.29) is 6.10 Å². The molecule has 154 valence electrons. The first-order valence-corrected chi connectivity index (χ1v) is 10.4. The van der Waals surface area contributed by atoms with Crippen LogP contribution in [0.1, 0.15) is 57.1 Å². The smallest absolute Gasteiger partial charge is 0.190 e. The number of nitrogens with zero attached hydrogens (tertiary/aromatic N) is 2. The SMILES string of the molecule is CN=C(NCCCCCCCN(C)C)NCCCOC(C)c1ccccc1. The predicted octanol–water partition coefficient (Wildman–Crippen LogP) is 3.83. The first-order valence-electron chi connectivity index (χ1n) is 10.4. The van der Waals surface area contributed by atoms with Crippen LogP contribution in [0, 0.1) is 0 Å². The molecular formula is C22H40N4O. The second kappa shape index (κ2) is 15.5. The van der Waals surface area contributed by atoms with Crippen LogP contribution in [0.15, 0.2) is 35.3 Å². The van der Waals surface area contributed by atoms with E-state index >= 15 is 0 Å². The van der Waals surface area contributed by atoms with Gasteiger partial charge >= 0.3 is 0 Å². The standard InChI is InChI=1S/C22H40N4O/c1-20(21-14-9-8-10-15-21)27-19-13-17-25-22(23-2)24-16-11-6-5-7-12-18-26(3)4/h8-10,14-15,20H,5-7,11-13,16-19H2,1-4H3,(H2,23,24,25). The van der Waals surface area contributed by atoms with Crippen molar-refractivity contribution >= 4 is 5.96 Å². The van der Waals surface area contributed by atoms with Gasteiger partial charge in [0.05, 0.1) is 6.10 Å². The molecule has 1 atom stereocenters. The number of hydrogen-bond donors (Lipinski definition) is 2. The molecule has 0 aromatic heterocycles. The second-order valence-electron chi connectivity index (χ2n) is 7.27. The van der Waals surface area contributed by atoms with Gasteiger partial charge in [0.2, 0.25) is 0 Å². The molecule has 0 saturated carbocycles. The highest BCUT2D eigenvalue weighted by atomic mass is 16.5. The molecule has 0 spiro atoms. The molecular weight excluding hydrogens is 336 g/mol. The molecule has 1 aromatic rings. The average Bonchev–Trinajstić information content (AvgIpc) is 2.68. The van der Waals surface area contributed by atoms with E-state index < -0.39 is 0 Å². The minimum Gasteiger partial charge on any atom is -0.374 e. The highest BCUT2D eigenvalue weighted by Crippen LogP contribution is 2.15. The first-order chi connectivity index (χ1) is 13.1. The molecule has 1 unspecified atom stereocenters. The van der Waals surface area contributed by atoms with Gasteiger partial charge in [-0.15, -0.1) is 0 Å². The van der Waals surface area contributed by atoms with Crippen molar-refractivity contribution in [1.82, 2.24) is 15.5 Å². The van der Waals surface area contributed by atoms with E-state index in [9.17, 15) is 0 Å². The van der Waals surface area contributed by atoms with Crippen molar-refractivity contribution in [1.29, 1.82) is 0 Å². The van der Waals surface area contributed by atoms with Gasteiger partial charge in [-0.25, -0.2) is 0 Å². The molecule has 2 N–H and O–H groups in total. The zero-order chi connectivity index (χ0) is 19.7. The number of hydrogen-bond acceptors (Lipinski definition) is 3. The van der Waals surface area contributed by atoms with Gasteiger partial charge in [0, 0.05) is 26.7 Å². The molecule has 5 nitrogen and oxygen atoms in total. The van der Waals surface area contributed by atoms with Crippen molar-refractivity contribution in [3.63, 3.8) is 0 Å². The largest absolute Gasteiger partial charge is 0.374 e. The lowest BCUT2D eigenvalue weighted by Gasteiger charge is -2.15. The lowest BCUT2D eigenvalue weighted by Crippen LogP contribution is -2.38. The van der Waals surface area contributed by atoms with E-state index in [4.69, 9.17) is 4.74 Å². The maximum absolute atomic E-state index is 5.90. The van der Waals surface area contributed by atoms with Crippen LogP contribution in [-0.4, -0.2) is 58.2 Å². The first kappa shape index (κ1) is 23.4. The quantitative estimate of drug-likeness (QED) is 0.294. The Kier molecular flexibility index (Phi) is 13.4. The maximum Gasteiger partial charge on any atom is 0.190 e. The fraction of sp³-hybridized carbons (Fsp3) is 0.682. The molecule has 0 amide bonds. The van der Waals surface area contributed by atoms with Crippen LogP contribution in [0.4, 0.5) is 0 Å². The Hall–Kier alpha value is -1.59. The minimum absolute atomic E-state index is 0.140. The molecule has 0 aliphatic carbocycles. The van der Waals surface area contributed by atoms with Crippen molar-refractivity contribution in [2.24, 2.45) is 4.99 Å². The summed E-state index contributed by atoms with van der Waals surface area (Å²) in [7, 11) is 6.10. The molecule has 5 heteroatoms. The molecule has 0 radical (unpaired) electrons. The Morgan fingerprint density at radius 1 is 0.963 bits per heavy atom. The summed E-state index contributed by atoms with van der Waals surface area (Å²) in [4.78, 5) is 6.54. The van der Waals surface area contributed by atoms with Gasteiger partial charge in [-0.1, -0.05) is 49.6 Å². The van der Waals surface area contributed by atoms with Gasteiger partial charge in [0.15, 0.2) is 5.96 Å². The molecule has 0 bridgehead atoms. The number of ether oxygens (including phenoxy) is 1. The topological polar surface area (TPSA) is 48.9 Å². The Bertz CT molecular complexity index is 490. The van der Waals surface area contributed by atoms with E-state index in [0.29, 0.717) is 0 Å². The highest BCUT2D eigenvalue weighted by Gasteiger charge is 2.04. The Labute approximate surface area is 166 Å². The van der Waals surface area contributed by atoms with Gasteiger partial charge in [0.1, 0.15) is 0 Å². The van der Waals surface area contributed by atoms with Crippen molar-refractivity contribution in [2.75, 3.05) is 47.4 Å². The molecule has 0 aliphatic heterocycles. The lowest BCUT2D eigenvalue weighted by atomic mass is 10.1. The number of benzene rings is 1. The van der Waals surface area contributed by atoms with Crippen LogP contribution >= 0.6 is 0 Å². The van der Waals surface area contributed by atoms with E-state index in [1.807, 2.05) is 13.1 Å². The van der Waals surface area contributed by atoms with Crippen LogP contribution in [0.2, 0.25) is 0 Å².